The normalized spacial score (nSPS) is 12.0. The van der Waals surface area contributed by atoms with Crippen LogP contribution < -0.4 is 0 Å². The number of para-hydroxylation sites is 4. The van der Waals surface area contributed by atoms with Crippen molar-refractivity contribution >= 4 is 86.2 Å². The highest BCUT2D eigenvalue weighted by molar-refractivity contribution is 7.25. The molecular weight excluding hydrogens is 687 g/mol. The molecule has 0 atom stereocenters. The molecule has 4 heterocycles. The number of hydrogen-bond acceptors (Lipinski definition) is 2. The Labute approximate surface area is 320 Å². The molecule has 0 fully saturated rings. The Bertz CT molecular complexity index is 3480. The van der Waals surface area contributed by atoms with Crippen LogP contribution in [0.25, 0.3) is 108 Å². The van der Waals surface area contributed by atoms with Gasteiger partial charge in [0.15, 0.2) is 0 Å². The molecule has 0 spiro atoms. The van der Waals surface area contributed by atoms with Crippen LogP contribution in [0.3, 0.4) is 0 Å². The van der Waals surface area contributed by atoms with E-state index >= 15 is 0 Å². The molecule has 0 saturated carbocycles. The summed E-state index contributed by atoms with van der Waals surface area (Å²) in [5.74, 6) is 0. The van der Waals surface area contributed by atoms with Crippen LogP contribution in [0.1, 0.15) is 0 Å². The van der Waals surface area contributed by atoms with Crippen LogP contribution in [0.5, 0.6) is 0 Å². The maximum Gasteiger partial charge on any atom is 0.125 e. The molecule has 8 aromatic carbocycles. The van der Waals surface area contributed by atoms with Crippen LogP contribution in [0.15, 0.2) is 188 Å². The topological polar surface area (TPSA) is 22.8 Å². The third kappa shape index (κ3) is 4.52. The third-order valence-corrected chi connectivity index (χ3v) is 12.4. The van der Waals surface area contributed by atoms with E-state index in [0.717, 1.165) is 16.0 Å². The highest BCUT2D eigenvalue weighted by Gasteiger charge is 2.19. The van der Waals surface area contributed by atoms with Crippen LogP contribution in [-0.2, 0) is 0 Å². The molecule has 0 N–H and O–H groups in total. The van der Waals surface area contributed by atoms with E-state index in [9.17, 15) is 0 Å². The summed E-state index contributed by atoms with van der Waals surface area (Å²) in [5.41, 5.74) is 13.0. The van der Waals surface area contributed by atoms with Gasteiger partial charge in [-0.1, -0.05) is 121 Å². The van der Waals surface area contributed by atoms with Gasteiger partial charge in [-0.25, -0.2) is 4.98 Å². The minimum Gasteiger partial charge on any atom is -0.309 e. The molecule has 256 valence electrons. The second-order valence-electron chi connectivity index (χ2n) is 14.3. The molecule has 4 heteroatoms. The molecule has 0 bridgehead atoms. The summed E-state index contributed by atoms with van der Waals surface area (Å²) in [4.78, 5) is 6.20. The van der Waals surface area contributed by atoms with Gasteiger partial charge >= 0.3 is 0 Å². The molecule has 3 nitrogen and oxygen atoms in total. The number of fused-ring (bicyclic) bond motifs is 10. The van der Waals surface area contributed by atoms with Gasteiger partial charge in [-0.3, -0.25) is 0 Å². The van der Waals surface area contributed by atoms with Crippen molar-refractivity contribution < 1.29 is 0 Å². The summed E-state index contributed by atoms with van der Waals surface area (Å²) >= 11 is 1.77. The van der Waals surface area contributed by atoms with Gasteiger partial charge in [-0.05, 0) is 83.4 Å². The predicted octanol–water partition coefficient (Wildman–Crippen LogP) is 14.1. The van der Waals surface area contributed by atoms with Crippen molar-refractivity contribution in [3.63, 3.8) is 0 Å². The lowest BCUT2D eigenvalue weighted by Crippen LogP contribution is -1.94. The van der Waals surface area contributed by atoms with Crippen molar-refractivity contribution in [2.24, 2.45) is 0 Å². The van der Waals surface area contributed by atoms with Crippen molar-refractivity contribution in [2.45, 2.75) is 0 Å². The average molecular weight is 718 g/mol. The number of aromatic nitrogens is 3. The van der Waals surface area contributed by atoms with Crippen molar-refractivity contribution in [2.75, 3.05) is 0 Å². The van der Waals surface area contributed by atoms with E-state index in [4.69, 9.17) is 4.98 Å². The molecule has 0 radical (unpaired) electrons. The summed E-state index contributed by atoms with van der Waals surface area (Å²) in [6, 6.07) is 68.5. The molecule has 0 aliphatic heterocycles. The zero-order valence-electron chi connectivity index (χ0n) is 29.6. The summed E-state index contributed by atoms with van der Waals surface area (Å²) in [7, 11) is 0. The second kappa shape index (κ2) is 11.7. The second-order valence-corrected chi connectivity index (χ2v) is 15.4. The fourth-order valence-corrected chi connectivity index (χ4v) is 9.99. The van der Waals surface area contributed by atoms with E-state index in [1.165, 1.54) is 92.4 Å². The first kappa shape index (κ1) is 30.5. The van der Waals surface area contributed by atoms with E-state index in [2.05, 4.69) is 197 Å². The quantitative estimate of drug-likeness (QED) is 0.178. The van der Waals surface area contributed by atoms with Gasteiger partial charge in [0.2, 0.25) is 0 Å². The van der Waals surface area contributed by atoms with Crippen molar-refractivity contribution in [1.82, 2.24) is 14.1 Å². The third-order valence-electron chi connectivity index (χ3n) is 11.3. The molecule has 12 aromatic rings. The predicted molar refractivity (Wildman–Crippen MR) is 234 cm³/mol. The molecular formula is C51H31N3S. The Hall–Kier alpha value is -7.01. The first-order valence-corrected chi connectivity index (χ1v) is 19.5. The largest absolute Gasteiger partial charge is 0.309 e. The summed E-state index contributed by atoms with van der Waals surface area (Å²) in [5, 5.41) is 8.68. The van der Waals surface area contributed by atoms with Gasteiger partial charge < -0.3 is 9.13 Å². The smallest absolute Gasteiger partial charge is 0.125 e. The summed E-state index contributed by atoms with van der Waals surface area (Å²) in [6.45, 7) is 0. The Morgan fingerprint density at radius 2 is 0.909 bits per heavy atom. The Balaban J connectivity index is 1.03. The number of nitrogens with zero attached hydrogens (tertiary/aromatic N) is 3. The van der Waals surface area contributed by atoms with E-state index < -0.39 is 0 Å². The van der Waals surface area contributed by atoms with E-state index in [1.54, 1.807) is 11.3 Å². The summed E-state index contributed by atoms with van der Waals surface area (Å²) in [6.07, 6.45) is 0. The molecule has 4 aromatic heterocycles. The van der Waals surface area contributed by atoms with Gasteiger partial charge in [0.25, 0.3) is 0 Å². The van der Waals surface area contributed by atoms with Gasteiger partial charge in [-0.2, -0.15) is 0 Å². The average Bonchev–Trinajstić information content (AvgIpc) is 3.90. The van der Waals surface area contributed by atoms with Gasteiger partial charge in [0.05, 0.1) is 27.6 Å². The van der Waals surface area contributed by atoms with Crippen LogP contribution >= 0.6 is 11.3 Å². The lowest BCUT2D eigenvalue weighted by molar-refractivity contribution is 1.18. The monoisotopic (exact) mass is 717 g/mol. The first-order chi connectivity index (χ1) is 27.3. The van der Waals surface area contributed by atoms with E-state index in [-0.39, 0.29) is 0 Å². The molecule has 0 saturated heterocycles. The van der Waals surface area contributed by atoms with E-state index in [1.807, 2.05) is 0 Å². The van der Waals surface area contributed by atoms with E-state index in [0.29, 0.717) is 0 Å². The van der Waals surface area contributed by atoms with Crippen LogP contribution in [0, 0.1) is 0 Å². The maximum absolute atomic E-state index is 5.12. The fraction of sp³-hybridized carbons (Fsp3) is 0. The first-order valence-electron chi connectivity index (χ1n) is 18.7. The fourth-order valence-electron chi connectivity index (χ4n) is 8.89. The lowest BCUT2D eigenvalue weighted by Gasteiger charge is -2.13. The number of benzene rings is 8. The van der Waals surface area contributed by atoms with Crippen molar-refractivity contribution in [3.05, 3.63) is 188 Å². The van der Waals surface area contributed by atoms with Crippen LogP contribution in [0.2, 0.25) is 0 Å². The minimum absolute atomic E-state index is 1.03. The Kier molecular flexibility index (Phi) is 6.50. The number of hydrogen-bond donors (Lipinski definition) is 0. The van der Waals surface area contributed by atoms with Gasteiger partial charge in [-0.15, -0.1) is 11.3 Å². The Morgan fingerprint density at radius 1 is 0.364 bits per heavy atom. The standard InChI is InChI=1S/C51H31N3S/c1-2-12-35(13-3-1)53-45-20-10-6-15-38(45)42-30-33(25-29-46(42)53)34-24-28-39-37-14-5-9-19-44(37)54(47(39)31-34)36-26-22-32(23-27-36)49-40-16-4-8-18-43(40)52-51-50(49)41-17-7-11-21-48(41)55-51/h1-31H. The maximum atomic E-state index is 5.12. The zero-order valence-corrected chi connectivity index (χ0v) is 30.5. The Morgan fingerprint density at radius 3 is 1.71 bits per heavy atom. The van der Waals surface area contributed by atoms with Crippen LogP contribution in [-0.4, -0.2) is 14.1 Å². The SMILES string of the molecule is c1ccc(-n2c3ccccc3c3cc(-c4ccc5c6ccccc6n(-c6ccc(-c7c8ccccc8nc8sc9ccccc9c78)cc6)c5c4)ccc32)cc1. The molecule has 0 aliphatic rings. The highest BCUT2D eigenvalue weighted by atomic mass is 32.1. The molecule has 0 amide bonds. The number of rotatable bonds is 4. The van der Waals surface area contributed by atoms with Crippen molar-refractivity contribution in [3.8, 4) is 33.6 Å². The zero-order chi connectivity index (χ0) is 36.0. The lowest BCUT2D eigenvalue weighted by atomic mass is 9.96. The van der Waals surface area contributed by atoms with Crippen molar-refractivity contribution in [1.29, 1.82) is 0 Å². The van der Waals surface area contributed by atoms with Gasteiger partial charge in [0, 0.05) is 59.3 Å². The minimum atomic E-state index is 1.03. The molecule has 55 heavy (non-hydrogen) atoms. The number of pyridine rings is 1. The highest BCUT2D eigenvalue weighted by Crippen LogP contribution is 2.44. The molecule has 0 aliphatic carbocycles. The number of thiophene rings is 1. The molecule has 12 rings (SSSR count). The summed E-state index contributed by atoms with van der Waals surface area (Å²) < 4.78 is 6.07. The molecule has 0 unspecified atom stereocenters. The van der Waals surface area contributed by atoms with Gasteiger partial charge in [0.1, 0.15) is 4.83 Å². The van der Waals surface area contributed by atoms with Crippen LogP contribution in [0.4, 0.5) is 0 Å².